The summed E-state index contributed by atoms with van der Waals surface area (Å²) >= 11 is 5.02. The number of hydrogen-bond acceptors (Lipinski definition) is 2. The molecular weight excluding hydrogens is 134 g/mol. The Morgan fingerprint density at radius 1 is 1.88 bits per heavy atom. The molecule has 0 fully saturated rings. The summed E-state index contributed by atoms with van der Waals surface area (Å²) in [6, 6.07) is 0. The zero-order valence-electron chi connectivity index (χ0n) is 4.14. The molecule has 0 rings (SSSR count). The average Bonchev–Trinajstić information content (AvgIpc) is 1.83. The lowest BCUT2D eigenvalue weighted by Gasteiger charge is -1.98. The molecule has 0 aliphatic carbocycles. The van der Waals surface area contributed by atoms with Gasteiger partial charge in [-0.05, 0) is 0 Å². The second-order valence-corrected chi connectivity index (χ2v) is 1.49. The van der Waals surface area contributed by atoms with Crippen molar-refractivity contribution in [3.05, 3.63) is 0 Å². The van der Waals surface area contributed by atoms with Crippen molar-refractivity contribution >= 4 is 18.1 Å². The molecule has 0 saturated heterocycles. The highest BCUT2D eigenvalue weighted by Gasteiger charge is 2.02. The molecule has 0 aromatic heterocycles. The molecule has 0 aliphatic rings. The molecule has 0 aliphatic heterocycles. The van der Waals surface area contributed by atoms with E-state index < -0.39 is 6.17 Å². The molecule has 0 aromatic rings. The van der Waals surface area contributed by atoms with Gasteiger partial charge in [0.1, 0.15) is 12.8 Å². The van der Waals surface area contributed by atoms with Crippen LogP contribution in [0.1, 0.15) is 0 Å². The van der Waals surface area contributed by atoms with Crippen LogP contribution in [-0.2, 0) is 9.53 Å². The summed E-state index contributed by atoms with van der Waals surface area (Å²) in [6.45, 7) is -0.0495. The molecule has 0 N–H and O–H groups in total. The van der Waals surface area contributed by atoms with Crippen LogP contribution in [0.2, 0.25) is 0 Å². The van der Waals surface area contributed by atoms with Crippen LogP contribution >= 0.6 is 11.6 Å². The summed E-state index contributed by atoms with van der Waals surface area (Å²) in [5.74, 6) is -0.131. The Morgan fingerprint density at radius 3 is 2.88 bits per heavy atom. The van der Waals surface area contributed by atoms with Gasteiger partial charge in [0.15, 0.2) is 0 Å². The summed E-state index contributed by atoms with van der Waals surface area (Å²) in [7, 11) is 0. The zero-order valence-corrected chi connectivity index (χ0v) is 4.90. The molecular formula is C4H6ClFO2. The Bertz CT molecular complexity index is 69.1. The van der Waals surface area contributed by atoms with E-state index in [1.165, 1.54) is 0 Å². The molecule has 0 heterocycles. The molecule has 0 aromatic carbocycles. The van der Waals surface area contributed by atoms with Crippen molar-refractivity contribution in [3.63, 3.8) is 0 Å². The lowest BCUT2D eigenvalue weighted by Crippen LogP contribution is -2.10. The molecule has 0 radical (unpaired) electrons. The van der Waals surface area contributed by atoms with Crippen molar-refractivity contribution in [2.75, 3.05) is 12.5 Å². The van der Waals surface area contributed by atoms with Gasteiger partial charge >= 0.3 is 0 Å². The fourth-order valence-corrected chi connectivity index (χ4v) is 0.277. The number of ether oxygens (including phenoxy) is 1. The van der Waals surface area contributed by atoms with Gasteiger partial charge in [-0.3, -0.25) is 4.79 Å². The smallest absolute Gasteiger partial charge is 0.293 e. The second kappa shape index (κ2) is 4.84. The zero-order chi connectivity index (χ0) is 6.41. The van der Waals surface area contributed by atoms with E-state index in [1.54, 1.807) is 0 Å². The number of carbonyl (C=O) groups is 1. The topological polar surface area (TPSA) is 26.3 Å². The highest BCUT2D eigenvalue weighted by atomic mass is 35.5. The fourth-order valence-electron chi connectivity index (χ4n) is 0.188. The Kier molecular flexibility index (Phi) is 4.65. The molecule has 0 spiro atoms. The Labute approximate surface area is 51.6 Å². The molecule has 1 unspecified atom stereocenters. The Balaban J connectivity index is 2.97. The fraction of sp³-hybridized carbons (Fsp3) is 0.750. The van der Waals surface area contributed by atoms with Crippen molar-refractivity contribution in [1.82, 2.24) is 0 Å². The van der Waals surface area contributed by atoms with E-state index in [2.05, 4.69) is 4.74 Å². The van der Waals surface area contributed by atoms with Crippen LogP contribution in [0.5, 0.6) is 0 Å². The standard InChI is InChI=1S/C4H6ClFO2/c5-1-4(6)2-8-3-7/h3-4H,1-2H2. The van der Waals surface area contributed by atoms with Crippen LogP contribution in [0.4, 0.5) is 4.39 Å². The highest BCUT2D eigenvalue weighted by molar-refractivity contribution is 6.18. The summed E-state index contributed by atoms with van der Waals surface area (Å²) in [6.07, 6.45) is -1.23. The van der Waals surface area contributed by atoms with E-state index in [4.69, 9.17) is 11.6 Å². The van der Waals surface area contributed by atoms with E-state index in [-0.39, 0.29) is 19.0 Å². The summed E-state index contributed by atoms with van der Waals surface area (Å²) in [5.41, 5.74) is 0. The van der Waals surface area contributed by atoms with Crippen molar-refractivity contribution in [2.45, 2.75) is 6.17 Å². The van der Waals surface area contributed by atoms with Crippen LogP contribution in [0.3, 0.4) is 0 Å². The van der Waals surface area contributed by atoms with E-state index >= 15 is 0 Å². The predicted molar refractivity (Wildman–Crippen MR) is 27.6 cm³/mol. The van der Waals surface area contributed by atoms with Gasteiger partial charge in [-0.25, -0.2) is 4.39 Å². The highest BCUT2D eigenvalue weighted by Crippen LogP contribution is 1.92. The van der Waals surface area contributed by atoms with E-state index in [9.17, 15) is 9.18 Å². The van der Waals surface area contributed by atoms with Gasteiger partial charge in [0.05, 0.1) is 5.88 Å². The average molecular weight is 141 g/mol. The third-order valence-electron chi connectivity index (χ3n) is 0.513. The normalized spacial score (nSPS) is 12.8. The first-order chi connectivity index (χ1) is 3.81. The molecule has 4 heteroatoms. The van der Waals surface area contributed by atoms with Crippen LogP contribution in [0.25, 0.3) is 0 Å². The molecule has 0 bridgehead atoms. The lowest BCUT2D eigenvalue weighted by atomic mass is 10.5. The molecule has 0 saturated carbocycles. The molecule has 0 amide bonds. The van der Waals surface area contributed by atoms with Gasteiger partial charge in [0.25, 0.3) is 6.47 Å². The maximum Gasteiger partial charge on any atom is 0.293 e. The first-order valence-electron chi connectivity index (χ1n) is 2.06. The van der Waals surface area contributed by atoms with E-state index in [1.807, 2.05) is 0 Å². The Hall–Kier alpha value is -0.310. The molecule has 48 valence electrons. The minimum Gasteiger partial charge on any atom is -0.465 e. The first kappa shape index (κ1) is 7.69. The van der Waals surface area contributed by atoms with Crippen molar-refractivity contribution in [2.24, 2.45) is 0 Å². The number of rotatable bonds is 4. The summed E-state index contributed by atoms with van der Waals surface area (Å²) < 4.78 is 15.9. The van der Waals surface area contributed by atoms with Crippen LogP contribution in [-0.4, -0.2) is 25.1 Å². The number of hydrogen-bond donors (Lipinski definition) is 0. The minimum absolute atomic E-state index is 0.131. The third-order valence-corrected chi connectivity index (χ3v) is 0.847. The van der Waals surface area contributed by atoms with Crippen molar-refractivity contribution < 1.29 is 13.9 Å². The van der Waals surface area contributed by atoms with Gasteiger partial charge in [0, 0.05) is 0 Å². The van der Waals surface area contributed by atoms with Gasteiger partial charge in [-0.1, -0.05) is 0 Å². The third kappa shape index (κ3) is 3.87. The van der Waals surface area contributed by atoms with Crippen LogP contribution in [0.15, 0.2) is 0 Å². The second-order valence-electron chi connectivity index (χ2n) is 1.18. The minimum atomic E-state index is -1.23. The maximum absolute atomic E-state index is 11.9. The van der Waals surface area contributed by atoms with Gasteiger partial charge < -0.3 is 4.74 Å². The van der Waals surface area contributed by atoms with Crippen LogP contribution in [0, 0.1) is 0 Å². The van der Waals surface area contributed by atoms with Crippen LogP contribution < -0.4 is 0 Å². The largest absolute Gasteiger partial charge is 0.465 e. The first-order valence-corrected chi connectivity index (χ1v) is 2.60. The maximum atomic E-state index is 11.9. The number of carbonyl (C=O) groups excluding carboxylic acids is 1. The van der Waals surface area contributed by atoms with E-state index in [0.717, 1.165) is 0 Å². The van der Waals surface area contributed by atoms with Gasteiger partial charge in [-0.15, -0.1) is 11.6 Å². The lowest BCUT2D eigenvalue weighted by molar-refractivity contribution is -0.130. The summed E-state index contributed by atoms with van der Waals surface area (Å²) in [5, 5.41) is 0. The van der Waals surface area contributed by atoms with Gasteiger partial charge in [0.2, 0.25) is 0 Å². The quantitative estimate of drug-likeness (QED) is 0.425. The van der Waals surface area contributed by atoms with Crippen molar-refractivity contribution in [1.29, 1.82) is 0 Å². The van der Waals surface area contributed by atoms with Gasteiger partial charge in [-0.2, -0.15) is 0 Å². The predicted octanol–water partition coefficient (Wildman–Crippen LogP) is 0.736. The van der Waals surface area contributed by atoms with Crippen molar-refractivity contribution in [3.8, 4) is 0 Å². The molecule has 1 atom stereocenters. The molecule has 8 heavy (non-hydrogen) atoms. The number of halogens is 2. The van der Waals surface area contributed by atoms with E-state index in [0.29, 0.717) is 0 Å². The molecule has 2 nitrogen and oxygen atoms in total. The SMILES string of the molecule is O=COCC(F)CCl. The summed E-state index contributed by atoms with van der Waals surface area (Å²) in [4.78, 5) is 9.39. The monoisotopic (exact) mass is 140 g/mol. The number of alkyl halides is 2. The Morgan fingerprint density at radius 2 is 2.50 bits per heavy atom.